The third-order valence-corrected chi connectivity index (χ3v) is 6.63. The molecule has 1 aliphatic heterocycles. The first-order valence-corrected chi connectivity index (χ1v) is 11.3. The van der Waals surface area contributed by atoms with Crippen molar-refractivity contribution in [1.82, 2.24) is 15.2 Å². The second-order valence-electron chi connectivity index (χ2n) is 8.97. The maximum absolute atomic E-state index is 12.9. The van der Waals surface area contributed by atoms with Gasteiger partial charge in [0.25, 0.3) is 5.91 Å². The van der Waals surface area contributed by atoms with Crippen molar-refractivity contribution in [2.75, 3.05) is 32.1 Å². The number of rotatable bonds is 6. The fraction of sp³-hybridized carbons (Fsp3) is 0.385. The number of H-pyrrole nitrogens is 1. The Morgan fingerprint density at radius 1 is 1.09 bits per heavy atom. The number of nitrogens with one attached hydrogen (secondary N) is 2. The first-order chi connectivity index (χ1) is 15.4. The van der Waals surface area contributed by atoms with Crippen molar-refractivity contribution in [3.63, 3.8) is 0 Å². The van der Waals surface area contributed by atoms with E-state index in [2.05, 4.69) is 39.5 Å². The van der Waals surface area contributed by atoms with E-state index in [4.69, 9.17) is 0 Å². The molecule has 0 aliphatic carbocycles. The van der Waals surface area contributed by atoms with Crippen LogP contribution in [0.25, 0.3) is 10.9 Å². The summed E-state index contributed by atoms with van der Waals surface area (Å²) in [5, 5.41) is 4.13. The van der Waals surface area contributed by atoms with E-state index < -0.39 is 0 Å². The van der Waals surface area contributed by atoms with Gasteiger partial charge in [-0.15, -0.1) is 0 Å². The average Bonchev–Trinajstić information content (AvgIpc) is 3.26. The molecule has 1 fully saturated rings. The Hall–Kier alpha value is -3.28. The highest BCUT2D eigenvalue weighted by Gasteiger charge is 2.30. The summed E-state index contributed by atoms with van der Waals surface area (Å²) >= 11 is 0. The van der Waals surface area contributed by atoms with Gasteiger partial charge < -0.3 is 20.1 Å². The van der Waals surface area contributed by atoms with Crippen LogP contribution in [0, 0.1) is 11.8 Å². The molecule has 0 radical (unpaired) electrons. The van der Waals surface area contributed by atoms with E-state index in [0.717, 1.165) is 35.0 Å². The molecular formula is C26H32N4O2. The zero-order chi connectivity index (χ0) is 22.7. The number of aromatic amines is 1. The highest BCUT2D eigenvalue weighted by molar-refractivity contribution is 5.98. The van der Waals surface area contributed by atoms with Crippen molar-refractivity contribution in [2.24, 2.45) is 11.8 Å². The van der Waals surface area contributed by atoms with Crippen LogP contribution < -0.4 is 10.2 Å². The minimum atomic E-state index is -0.0682. The van der Waals surface area contributed by atoms with Crippen molar-refractivity contribution in [2.45, 2.75) is 26.3 Å². The lowest BCUT2D eigenvalue weighted by Gasteiger charge is -2.34. The monoisotopic (exact) mass is 432 g/mol. The van der Waals surface area contributed by atoms with Crippen molar-refractivity contribution < 1.29 is 9.59 Å². The molecule has 1 aliphatic rings. The van der Waals surface area contributed by atoms with Gasteiger partial charge in [-0.3, -0.25) is 9.59 Å². The standard InChI is InChI=1S/C26H32N4O2/c1-18(25(31)27-17-19-8-10-22(11-9-19)29(2)3)20-12-14-30(15-13-20)26(32)24-16-21-6-4-5-7-23(21)28-24/h4-11,16,18,20,28H,12-15,17H2,1-3H3,(H,27,31)/t18-/m1/s1. The summed E-state index contributed by atoms with van der Waals surface area (Å²) in [6.45, 7) is 3.91. The van der Waals surface area contributed by atoms with Crippen LogP contribution in [-0.2, 0) is 11.3 Å². The molecule has 1 atom stereocenters. The highest BCUT2D eigenvalue weighted by atomic mass is 16.2. The minimum Gasteiger partial charge on any atom is -0.378 e. The highest BCUT2D eigenvalue weighted by Crippen LogP contribution is 2.27. The molecule has 2 amide bonds. The van der Waals surface area contributed by atoms with Crippen LogP contribution >= 0.6 is 0 Å². The van der Waals surface area contributed by atoms with Gasteiger partial charge in [-0.25, -0.2) is 0 Å². The van der Waals surface area contributed by atoms with Crippen LogP contribution in [-0.4, -0.2) is 48.9 Å². The molecule has 0 bridgehead atoms. The van der Waals surface area contributed by atoms with E-state index >= 15 is 0 Å². The molecule has 2 aromatic carbocycles. The largest absolute Gasteiger partial charge is 0.378 e. The molecule has 2 N–H and O–H groups in total. The van der Waals surface area contributed by atoms with E-state index in [1.165, 1.54) is 0 Å². The van der Waals surface area contributed by atoms with E-state index in [0.29, 0.717) is 25.3 Å². The number of anilines is 1. The Bertz CT molecular complexity index is 1050. The number of nitrogens with zero attached hydrogens (tertiary/aromatic N) is 2. The molecule has 4 rings (SSSR count). The first-order valence-electron chi connectivity index (χ1n) is 11.3. The molecule has 6 nitrogen and oxygen atoms in total. The fourth-order valence-corrected chi connectivity index (χ4v) is 4.44. The quantitative estimate of drug-likeness (QED) is 0.618. The first kappa shape index (κ1) is 21.9. The summed E-state index contributed by atoms with van der Waals surface area (Å²) in [7, 11) is 4.02. The number of hydrogen-bond acceptors (Lipinski definition) is 3. The number of aromatic nitrogens is 1. The van der Waals surface area contributed by atoms with Gasteiger partial charge in [0, 0.05) is 56.2 Å². The molecule has 1 aromatic heterocycles. The van der Waals surface area contributed by atoms with Crippen molar-refractivity contribution in [3.8, 4) is 0 Å². The Morgan fingerprint density at radius 3 is 2.44 bits per heavy atom. The fourth-order valence-electron chi connectivity index (χ4n) is 4.44. The predicted octanol–water partition coefficient (Wildman–Crippen LogP) is 4.04. The van der Waals surface area contributed by atoms with Crippen LogP contribution in [0.3, 0.4) is 0 Å². The molecule has 1 saturated heterocycles. The Kier molecular flexibility index (Phi) is 6.49. The van der Waals surface area contributed by atoms with E-state index in [1.807, 2.05) is 56.3 Å². The summed E-state index contributed by atoms with van der Waals surface area (Å²) in [5.74, 6) is 0.347. The molecule has 0 unspecified atom stereocenters. The average molecular weight is 433 g/mol. The van der Waals surface area contributed by atoms with Gasteiger partial charge in [-0.05, 0) is 48.6 Å². The molecule has 6 heteroatoms. The van der Waals surface area contributed by atoms with Crippen LogP contribution in [0.4, 0.5) is 5.69 Å². The van der Waals surface area contributed by atoms with Crippen LogP contribution in [0.2, 0.25) is 0 Å². The number of carbonyl (C=O) groups excluding carboxylic acids is 2. The zero-order valence-corrected chi connectivity index (χ0v) is 19.1. The number of hydrogen-bond donors (Lipinski definition) is 2. The molecule has 0 saturated carbocycles. The second-order valence-corrected chi connectivity index (χ2v) is 8.97. The summed E-state index contributed by atoms with van der Waals surface area (Å²) in [6.07, 6.45) is 1.69. The van der Waals surface area contributed by atoms with E-state index in [1.54, 1.807) is 0 Å². The third-order valence-electron chi connectivity index (χ3n) is 6.63. The van der Waals surface area contributed by atoms with Crippen LogP contribution in [0.1, 0.15) is 35.8 Å². The van der Waals surface area contributed by atoms with Gasteiger partial charge in [-0.1, -0.05) is 37.3 Å². The second kappa shape index (κ2) is 9.47. The Morgan fingerprint density at radius 2 is 1.78 bits per heavy atom. The van der Waals surface area contributed by atoms with E-state index in [-0.39, 0.29) is 23.7 Å². The minimum absolute atomic E-state index is 0.0397. The smallest absolute Gasteiger partial charge is 0.270 e. The lowest BCUT2D eigenvalue weighted by Crippen LogP contribution is -2.42. The van der Waals surface area contributed by atoms with Crippen molar-refractivity contribution >= 4 is 28.4 Å². The number of amides is 2. The van der Waals surface area contributed by atoms with Gasteiger partial charge in [0.05, 0.1) is 0 Å². The Labute approximate surface area is 189 Å². The molecular weight excluding hydrogens is 400 g/mol. The SMILES string of the molecule is C[C@@H](C(=O)NCc1ccc(N(C)C)cc1)C1CCN(C(=O)c2cc3ccccc3[nH]2)CC1. The number of likely N-dealkylation sites (tertiary alicyclic amines) is 1. The van der Waals surface area contributed by atoms with Crippen molar-refractivity contribution in [1.29, 1.82) is 0 Å². The number of fused-ring (bicyclic) bond motifs is 1. The summed E-state index contributed by atoms with van der Waals surface area (Å²) in [4.78, 5) is 32.8. The number of piperidine rings is 1. The molecule has 32 heavy (non-hydrogen) atoms. The van der Waals surface area contributed by atoms with Gasteiger partial charge >= 0.3 is 0 Å². The molecule has 2 heterocycles. The number of para-hydroxylation sites is 1. The maximum atomic E-state index is 12.9. The molecule has 0 spiro atoms. The maximum Gasteiger partial charge on any atom is 0.270 e. The lowest BCUT2D eigenvalue weighted by atomic mass is 9.84. The van der Waals surface area contributed by atoms with E-state index in [9.17, 15) is 9.59 Å². The number of carbonyl (C=O) groups is 2. The van der Waals surface area contributed by atoms with Crippen LogP contribution in [0.15, 0.2) is 54.6 Å². The molecule has 168 valence electrons. The normalized spacial score (nSPS) is 15.5. The van der Waals surface area contributed by atoms with Gasteiger partial charge in [-0.2, -0.15) is 0 Å². The topological polar surface area (TPSA) is 68.4 Å². The van der Waals surface area contributed by atoms with Gasteiger partial charge in [0.1, 0.15) is 5.69 Å². The van der Waals surface area contributed by atoms with Gasteiger partial charge in [0.2, 0.25) is 5.91 Å². The summed E-state index contributed by atoms with van der Waals surface area (Å²) in [5.41, 5.74) is 3.85. The molecule has 3 aromatic rings. The van der Waals surface area contributed by atoms with Crippen LogP contribution in [0.5, 0.6) is 0 Å². The third kappa shape index (κ3) is 4.79. The van der Waals surface area contributed by atoms with Crippen molar-refractivity contribution in [3.05, 3.63) is 65.9 Å². The number of benzene rings is 2. The zero-order valence-electron chi connectivity index (χ0n) is 19.1. The summed E-state index contributed by atoms with van der Waals surface area (Å²) < 4.78 is 0. The van der Waals surface area contributed by atoms with Gasteiger partial charge in [0.15, 0.2) is 0 Å². The summed E-state index contributed by atoms with van der Waals surface area (Å²) in [6, 6.07) is 18.1. The predicted molar refractivity (Wildman–Crippen MR) is 129 cm³/mol. The Balaban J connectivity index is 1.27. The lowest BCUT2D eigenvalue weighted by molar-refractivity contribution is -0.126.